The molecule has 0 heterocycles. The number of esters is 1. The minimum Gasteiger partial charge on any atom is -0.458 e. The first-order valence-corrected chi connectivity index (χ1v) is 12.1. The predicted molar refractivity (Wildman–Crippen MR) is 137 cm³/mol. The van der Waals surface area contributed by atoms with Crippen molar-refractivity contribution in [3.63, 3.8) is 0 Å². The summed E-state index contributed by atoms with van der Waals surface area (Å²) < 4.78 is 6.09. The Balaban J connectivity index is 1.49. The molecule has 5 nitrogen and oxygen atoms in total. The molecule has 1 aliphatic rings. The highest BCUT2D eigenvalue weighted by molar-refractivity contribution is 5.90. The molecule has 0 N–H and O–H groups in total. The van der Waals surface area contributed by atoms with E-state index in [2.05, 4.69) is 60.7 Å². The molecule has 2 atom stereocenters. The average molecular weight is 466 g/mol. The molecule has 5 rings (SSSR count). The van der Waals surface area contributed by atoms with Crippen LogP contribution in [-0.4, -0.2) is 17.0 Å². The first-order chi connectivity index (χ1) is 17.1. The molecule has 4 aromatic rings. The molecule has 0 saturated heterocycles. The molecule has 35 heavy (non-hydrogen) atoms. The molecule has 0 aliphatic heterocycles. The molecule has 0 unspecified atom stereocenters. The summed E-state index contributed by atoms with van der Waals surface area (Å²) in [5, 5.41) is 13.4. The molecule has 1 aliphatic carbocycles. The zero-order valence-electron chi connectivity index (χ0n) is 19.4. The van der Waals surface area contributed by atoms with E-state index in [0.29, 0.717) is 5.56 Å². The van der Waals surface area contributed by atoms with Crippen LogP contribution in [0.2, 0.25) is 0 Å². The molecular formula is C30H27NO4. The van der Waals surface area contributed by atoms with Crippen molar-refractivity contribution in [1.82, 2.24) is 0 Å². The lowest BCUT2D eigenvalue weighted by atomic mass is 9.77. The van der Waals surface area contributed by atoms with Gasteiger partial charge in [0, 0.05) is 18.1 Å². The van der Waals surface area contributed by atoms with Crippen molar-refractivity contribution in [2.75, 3.05) is 0 Å². The molecule has 1 fully saturated rings. The molecule has 0 spiro atoms. The second kappa shape index (κ2) is 10.1. The van der Waals surface area contributed by atoms with Gasteiger partial charge in [0.15, 0.2) is 0 Å². The Hall–Kier alpha value is -3.99. The van der Waals surface area contributed by atoms with Crippen molar-refractivity contribution in [2.45, 2.75) is 44.1 Å². The van der Waals surface area contributed by atoms with Gasteiger partial charge in [0.05, 0.1) is 10.5 Å². The topological polar surface area (TPSA) is 69.4 Å². The van der Waals surface area contributed by atoms with Gasteiger partial charge in [-0.2, -0.15) is 0 Å². The van der Waals surface area contributed by atoms with E-state index in [-0.39, 0.29) is 17.7 Å². The van der Waals surface area contributed by atoms with E-state index >= 15 is 0 Å². The van der Waals surface area contributed by atoms with Gasteiger partial charge in [0.2, 0.25) is 0 Å². The van der Waals surface area contributed by atoms with Crippen LogP contribution < -0.4 is 0 Å². The Morgan fingerprint density at radius 3 is 2.34 bits per heavy atom. The molecular weight excluding hydrogens is 438 g/mol. The van der Waals surface area contributed by atoms with E-state index in [9.17, 15) is 14.9 Å². The number of fused-ring (bicyclic) bond motifs is 1. The summed E-state index contributed by atoms with van der Waals surface area (Å²) in [5.41, 5.74) is 4.08. The van der Waals surface area contributed by atoms with Crippen LogP contribution in [0.1, 0.15) is 58.6 Å². The van der Waals surface area contributed by atoms with Crippen molar-refractivity contribution in [3.05, 3.63) is 123 Å². The van der Waals surface area contributed by atoms with E-state index in [0.717, 1.165) is 32.1 Å². The third kappa shape index (κ3) is 4.94. The number of carbonyl (C=O) groups excluding carboxylic acids is 1. The van der Waals surface area contributed by atoms with Crippen LogP contribution in [0.25, 0.3) is 10.8 Å². The maximum absolute atomic E-state index is 13.0. The van der Waals surface area contributed by atoms with Gasteiger partial charge in [0.25, 0.3) is 5.69 Å². The summed E-state index contributed by atoms with van der Waals surface area (Å²) in [4.78, 5) is 23.5. The van der Waals surface area contributed by atoms with Gasteiger partial charge in [-0.15, -0.1) is 0 Å². The summed E-state index contributed by atoms with van der Waals surface area (Å²) in [5.74, 6) is -0.336. The van der Waals surface area contributed by atoms with Gasteiger partial charge in [-0.3, -0.25) is 10.1 Å². The first kappa shape index (κ1) is 22.8. The number of non-ortho nitro benzene ring substituents is 1. The fourth-order valence-electron chi connectivity index (χ4n) is 5.24. The number of hydrogen-bond acceptors (Lipinski definition) is 4. The van der Waals surface area contributed by atoms with Crippen LogP contribution in [0.5, 0.6) is 0 Å². The number of nitrogens with zero attached hydrogens (tertiary/aromatic N) is 1. The molecule has 0 bridgehead atoms. The number of ether oxygens (including phenoxy) is 1. The van der Waals surface area contributed by atoms with Gasteiger partial charge in [-0.05, 0) is 65.3 Å². The van der Waals surface area contributed by atoms with Crippen LogP contribution in [0.15, 0.2) is 91.0 Å². The Morgan fingerprint density at radius 1 is 0.857 bits per heavy atom. The highest BCUT2D eigenvalue weighted by Gasteiger charge is 2.32. The van der Waals surface area contributed by atoms with Crippen molar-refractivity contribution in [3.8, 4) is 0 Å². The summed E-state index contributed by atoms with van der Waals surface area (Å²) in [6.07, 6.45) is 4.43. The Kier molecular flexibility index (Phi) is 6.57. The summed E-state index contributed by atoms with van der Waals surface area (Å²) in [6.45, 7) is 0. The van der Waals surface area contributed by atoms with Crippen molar-refractivity contribution in [1.29, 1.82) is 0 Å². The Bertz CT molecular complexity index is 1350. The van der Waals surface area contributed by atoms with Gasteiger partial charge in [0.1, 0.15) is 6.10 Å². The molecule has 1 saturated carbocycles. The Labute approximate surface area is 204 Å². The van der Waals surface area contributed by atoms with Crippen molar-refractivity contribution < 1.29 is 14.5 Å². The highest BCUT2D eigenvalue weighted by Crippen LogP contribution is 2.41. The molecule has 5 heteroatoms. The van der Waals surface area contributed by atoms with Crippen LogP contribution in [0.4, 0.5) is 5.69 Å². The quantitative estimate of drug-likeness (QED) is 0.171. The highest BCUT2D eigenvalue weighted by atomic mass is 16.6. The van der Waals surface area contributed by atoms with Crippen LogP contribution >= 0.6 is 0 Å². The summed E-state index contributed by atoms with van der Waals surface area (Å²) >= 11 is 0. The number of carbonyl (C=O) groups is 1. The fourth-order valence-corrected chi connectivity index (χ4v) is 5.24. The lowest BCUT2D eigenvalue weighted by molar-refractivity contribution is -0.384. The van der Waals surface area contributed by atoms with E-state index in [1.54, 1.807) is 0 Å². The summed E-state index contributed by atoms with van der Waals surface area (Å²) in [7, 11) is 0. The zero-order valence-corrected chi connectivity index (χ0v) is 19.4. The second-order valence-electron chi connectivity index (χ2n) is 9.16. The van der Waals surface area contributed by atoms with Crippen molar-refractivity contribution >= 4 is 22.4 Å². The van der Waals surface area contributed by atoms with Gasteiger partial charge in [-0.25, -0.2) is 4.79 Å². The van der Waals surface area contributed by atoms with Gasteiger partial charge in [-0.1, -0.05) is 73.2 Å². The minimum absolute atomic E-state index is 0.0431. The number of rotatable bonds is 6. The second-order valence-corrected chi connectivity index (χ2v) is 9.16. The Morgan fingerprint density at radius 2 is 1.57 bits per heavy atom. The maximum atomic E-state index is 13.0. The van der Waals surface area contributed by atoms with E-state index in [1.165, 1.54) is 51.7 Å². The zero-order chi connectivity index (χ0) is 24.2. The minimum atomic E-state index is -0.471. The normalized spacial score (nSPS) is 17.7. The monoisotopic (exact) mass is 465 g/mol. The number of nitro benzene ring substituents is 1. The summed E-state index contributed by atoms with van der Waals surface area (Å²) in [6, 6.07) is 28.9. The van der Waals surface area contributed by atoms with Crippen molar-refractivity contribution in [2.24, 2.45) is 0 Å². The van der Waals surface area contributed by atoms with E-state index < -0.39 is 10.9 Å². The smallest absolute Gasteiger partial charge is 0.338 e. The fraction of sp³-hybridized carbons (Fsp3) is 0.233. The van der Waals surface area contributed by atoms with Gasteiger partial charge >= 0.3 is 5.97 Å². The molecule has 0 amide bonds. The van der Waals surface area contributed by atoms with Crippen LogP contribution in [0.3, 0.4) is 0 Å². The third-order valence-electron chi connectivity index (χ3n) is 6.94. The van der Waals surface area contributed by atoms with Crippen LogP contribution in [-0.2, 0) is 11.2 Å². The SMILES string of the molecule is O=C(O[C@@H]1CCCC[C@@H]1c1c(Cc2ccccc2)ccc2ccccc12)c1ccc([N+](=O)[O-])cc1. The third-order valence-corrected chi connectivity index (χ3v) is 6.94. The maximum Gasteiger partial charge on any atom is 0.338 e. The van der Waals surface area contributed by atoms with E-state index in [1.807, 2.05) is 6.07 Å². The molecule has 0 aromatic heterocycles. The lowest BCUT2D eigenvalue weighted by Gasteiger charge is -2.33. The predicted octanol–water partition coefficient (Wildman–Crippen LogP) is 7.22. The largest absolute Gasteiger partial charge is 0.458 e. The number of hydrogen-bond donors (Lipinski definition) is 0. The van der Waals surface area contributed by atoms with E-state index in [4.69, 9.17) is 4.74 Å². The first-order valence-electron chi connectivity index (χ1n) is 12.1. The molecule has 4 aromatic carbocycles. The standard InChI is InChI=1S/C30H27NO4/c32-30(23-16-18-25(19-17-23)31(33)34)35-28-13-7-6-12-27(28)29-24(20-21-8-2-1-3-9-21)15-14-22-10-4-5-11-26(22)29/h1-5,8-11,14-19,27-28H,6-7,12-13,20H2/t27-,28+/m0/s1. The number of benzene rings is 4. The average Bonchev–Trinajstić information content (AvgIpc) is 2.90. The number of nitro groups is 1. The lowest BCUT2D eigenvalue weighted by Crippen LogP contribution is -2.29. The van der Waals surface area contributed by atoms with Gasteiger partial charge < -0.3 is 4.74 Å². The van der Waals surface area contributed by atoms with Crippen LogP contribution in [0, 0.1) is 10.1 Å². The molecule has 0 radical (unpaired) electrons. The molecule has 176 valence electrons.